The highest BCUT2D eigenvalue weighted by molar-refractivity contribution is 6.02. The van der Waals surface area contributed by atoms with Gasteiger partial charge in [-0.05, 0) is 66.2 Å². The van der Waals surface area contributed by atoms with Crippen LogP contribution < -0.4 is 15.9 Å². The molecule has 1 aliphatic heterocycles. The highest BCUT2D eigenvalue weighted by Crippen LogP contribution is 2.42. The van der Waals surface area contributed by atoms with E-state index >= 15 is 0 Å². The molecule has 41 heavy (non-hydrogen) atoms. The van der Waals surface area contributed by atoms with Gasteiger partial charge in [-0.1, -0.05) is 18.2 Å². The van der Waals surface area contributed by atoms with Crippen molar-refractivity contribution in [3.63, 3.8) is 0 Å². The van der Waals surface area contributed by atoms with Crippen molar-refractivity contribution < 1.29 is 14.3 Å². The molecule has 204 valence electrons. The molecule has 0 amide bonds. The summed E-state index contributed by atoms with van der Waals surface area (Å²) in [5, 5.41) is 10.9. The number of hydrogen-bond acceptors (Lipinski definition) is 8. The van der Waals surface area contributed by atoms with Crippen LogP contribution >= 0.6 is 0 Å². The second kappa shape index (κ2) is 11.5. The van der Waals surface area contributed by atoms with Gasteiger partial charge < -0.3 is 20.0 Å². The maximum atomic E-state index is 12.1. The molecule has 6 rings (SSSR count). The molecule has 0 bridgehead atoms. The van der Waals surface area contributed by atoms with Gasteiger partial charge >= 0.3 is 0 Å². The summed E-state index contributed by atoms with van der Waals surface area (Å²) < 4.78 is 12.2. The molecule has 8 nitrogen and oxygen atoms in total. The summed E-state index contributed by atoms with van der Waals surface area (Å²) in [6.07, 6.45) is 3.58. The summed E-state index contributed by atoms with van der Waals surface area (Å²) in [7, 11) is 0. The number of anilines is 1. The van der Waals surface area contributed by atoms with E-state index in [0.717, 1.165) is 33.5 Å². The molecule has 1 aliphatic carbocycles. The molecule has 0 unspecified atom stereocenters. The molecule has 4 aromatic rings. The fraction of sp³-hybridized carbons (Fsp3) is 0.121. The number of phenols is 1. The van der Waals surface area contributed by atoms with E-state index in [-0.39, 0.29) is 11.2 Å². The predicted molar refractivity (Wildman–Crippen MR) is 159 cm³/mol. The lowest BCUT2D eigenvalue weighted by atomic mass is 9.93. The summed E-state index contributed by atoms with van der Waals surface area (Å²) in [6.45, 7) is 2.32. The number of nitrogen functional groups attached to an aromatic ring is 1. The number of aromatic hydroxyl groups is 1. The molecule has 0 atom stereocenters. The number of pyridine rings is 2. The van der Waals surface area contributed by atoms with E-state index in [4.69, 9.17) is 14.9 Å². The van der Waals surface area contributed by atoms with E-state index in [2.05, 4.69) is 14.9 Å². The zero-order chi connectivity index (χ0) is 28.2. The van der Waals surface area contributed by atoms with Crippen molar-refractivity contribution in [3.8, 4) is 33.9 Å². The van der Waals surface area contributed by atoms with Crippen LogP contribution in [0.25, 0.3) is 33.4 Å². The monoisotopic (exact) mass is 544 g/mol. The number of phenolic OH excluding ortho intramolecular Hbond substituents is 1. The minimum atomic E-state index is -0.158. The van der Waals surface area contributed by atoms with Gasteiger partial charge in [0.1, 0.15) is 29.4 Å². The van der Waals surface area contributed by atoms with Gasteiger partial charge in [0.2, 0.25) is 0 Å². The summed E-state index contributed by atoms with van der Waals surface area (Å²) >= 11 is 0. The highest BCUT2D eigenvalue weighted by Gasteiger charge is 2.19. The third-order valence-electron chi connectivity index (χ3n) is 6.87. The van der Waals surface area contributed by atoms with Crippen LogP contribution in [0, 0.1) is 0 Å². The standard InChI is InChI=1S/C33H28N4O4/c34-29-12-7-22(33-27-10-8-25(38)18-30(27)41-31-19-26(39)9-11-28(31)33)17-32(29)40-16-15-37(20-23-5-1-3-13-35-23)21-24-6-2-4-14-36-24/h1-14,17-19,38H,15-16,20-21,34H2. The normalized spacial score (nSPS) is 11.3. The molecule has 3 heterocycles. The van der Waals surface area contributed by atoms with Crippen LogP contribution in [0.4, 0.5) is 5.69 Å². The lowest BCUT2D eigenvalue weighted by Gasteiger charge is -2.22. The van der Waals surface area contributed by atoms with Crippen molar-refractivity contribution in [2.75, 3.05) is 18.9 Å². The van der Waals surface area contributed by atoms with Crippen molar-refractivity contribution in [3.05, 3.63) is 125 Å². The largest absolute Gasteiger partial charge is 0.508 e. The fourth-order valence-corrected chi connectivity index (χ4v) is 4.93. The van der Waals surface area contributed by atoms with E-state index in [0.29, 0.717) is 49.0 Å². The lowest BCUT2D eigenvalue weighted by Crippen LogP contribution is -2.28. The van der Waals surface area contributed by atoms with Gasteiger partial charge in [-0.3, -0.25) is 19.7 Å². The first-order valence-corrected chi connectivity index (χ1v) is 13.3. The van der Waals surface area contributed by atoms with E-state index < -0.39 is 0 Å². The number of benzene rings is 3. The topological polar surface area (TPSA) is 115 Å². The maximum Gasteiger partial charge on any atom is 0.182 e. The Labute approximate surface area is 236 Å². The third-order valence-corrected chi connectivity index (χ3v) is 6.87. The molecule has 0 saturated carbocycles. The molecule has 2 aromatic carbocycles. The molecular formula is C33H28N4O4. The molecule has 0 saturated heterocycles. The van der Waals surface area contributed by atoms with E-state index in [1.807, 2.05) is 54.6 Å². The summed E-state index contributed by atoms with van der Waals surface area (Å²) in [5.74, 6) is 1.07. The molecule has 0 fully saturated rings. The molecule has 8 heteroatoms. The number of fused-ring (bicyclic) bond motifs is 2. The van der Waals surface area contributed by atoms with E-state index in [9.17, 15) is 9.90 Å². The van der Waals surface area contributed by atoms with Crippen molar-refractivity contribution in [2.24, 2.45) is 0 Å². The second-order valence-corrected chi connectivity index (χ2v) is 9.77. The number of ether oxygens (including phenoxy) is 1. The Morgan fingerprint density at radius 1 is 0.854 bits per heavy atom. The van der Waals surface area contributed by atoms with Crippen LogP contribution in [0.2, 0.25) is 0 Å². The van der Waals surface area contributed by atoms with Gasteiger partial charge in [0, 0.05) is 60.7 Å². The van der Waals surface area contributed by atoms with Gasteiger partial charge in [-0.15, -0.1) is 0 Å². The number of rotatable bonds is 9. The van der Waals surface area contributed by atoms with Crippen LogP contribution in [0.1, 0.15) is 11.4 Å². The van der Waals surface area contributed by atoms with E-state index in [1.165, 1.54) is 12.1 Å². The number of hydrogen-bond donors (Lipinski definition) is 2. The summed E-state index contributed by atoms with van der Waals surface area (Å²) in [4.78, 5) is 23.3. The van der Waals surface area contributed by atoms with Crippen molar-refractivity contribution >= 4 is 16.7 Å². The first-order valence-electron chi connectivity index (χ1n) is 13.3. The zero-order valence-corrected chi connectivity index (χ0v) is 22.2. The quantitative estimate of drug-likeness (QED) is 0.175. The Morgan fingerprint density at radius 2 is 1.61 bits per heavy atom. The Morgan fingerprint density at radius 3 is 2.32 bits per heavy atom. The first kappa shape index (κ1) is 26.0. The molecule has 2 aliphatic rings. The zero-order valence-electron chi connectivity index (χ0n) is 22.2. The number of nitrogens with zero attached hydrogens (tertiary/aromatic N) is 3. The van der Waals surface area contributed by atoms with Gasteiger partial charge in [-0.2, -0.15) is 0 Å². The van der Waals surface area contributed by atoms with Crippen molar-refractivity contribution in [2.45, 2.75) is 13.1 Å². The van der Waals surface area contributed by atoms with Crippen LogP contribution in [0.3, 0.4) is 0 Å². The minimum Gasteiger partial charge on any atom is -0.508 e. The maximum absolute atomic E-state index is 12.1. The third kappa shape index (κ3) is 5.88. The average Bonchev–Trinajstić information content (AvgIpc) is 2.98. The Hall–Kier alpha value is -5.21. The number of nitrogens with two attached hydrogens (primary N) is 1. The number of aromatic nitrogens is 2. The molecule has 0 spiro atoms. The van der Waals surface area contributed by atoms with Crippen LogP contribution in [-0.2, 0) is 13.1 Å². The van der Waals surface area contributed by atoms with E-state index in [1.54, 1.807) is 36.7 Å². The minimum absolute atomic E-state index is 0.0760. The molecule has 2 aromatic heterocycles. The van der Waals surface area contributed by atoms with Gasteiger partial charge in [0.05, 0.1) is 17.1 Å². The Bertz CT molecular complexity index is 1780. The van der Waals surface area contributed by atoms with Crippen LogP contribution in [0.5, 0.6) is 11.5 Å². The van der Waals surface area contributed by atoms with Gasteiger partial charge in [0.25, 0.3) is 0 Å². The predicted octanol–water partition coefficient (Wildman–Crippen LogP) is 5.72. The Balaban J connectivity index is 1.28. The fourth-order valence-electron chi connectivity index (χ4n) is 4.93. The van der Waals surface area contributed by atoms with Crippen LogP contribution in [-0.4, -0.2) is 33.1 Å². The highest BCUT2D eigenvalue weighted by atomic mass is 16.5. The molecule has 3 N–H and O–H groups in total. The first-order chi connectivity index (χ1) is 20.0. The average molecular weight is 545 g/mol. The molecule has 0 radical (unpaired) electrons. The van der Waals surface area contributed by atoms with Crippen molar-refractivity contribution in [1.29, 1.82) is 0 Å². The lowest BCUT2D eigenvalue weighted by molar-refractivity contribution is 0.193. The van der Waals surface area contributed by atoms with Gasteiger partial charge in [-0.25, -0.2) is 0 Å². The SMILES string of the molecule is Nc1ccc(-c2c3ccc(=O)cc-3oc3cc(O)ccc23)cc1OCCN(Cc1ccccn1)Cc1ccccn1. The van der Waals surface area contributed by atoms with Crippen LogP contribution in [0.15, 0.2) is 113 Å². The summed E-state index contributed by atoms with van der Waals surface area (Å²) in [6, 6.07) is 27.1. The van der Waals surface area contributed by atoms with Crippen molar-refractivity contribution in [1.82, 2.24) is 14.9 Å². The summed E-state index contributed by atoms with van der Waals surface area (Å²) in [5.41, 5.74) is 11.6. The molecular weight excluding hydrogens is 516 g/mol. The van der Waals surface area contributed by atoms with Gasteiger partial charge in [0.15, 0.2) is 5.43 Å². The smallest absolute Gasteiger partial charge is 0.182 e. The Kier molecular flexibility index (Phi) is 7.30. The second-order valence-electron chi connectivity index (χ2n) is 9.77.